The maximum absolute atomic E-state index is 13.0. The summed E-state index contributed by atoms with van der Waals surface area (Å²) in [4.78, 5) is 10.7. The monoisotopic (exact) mass is 281 g/mol. The molecule has 100 valence electrons. The van der Waals surface area contributed by atoms with Crippen LogP contribution >= 0.6 is 0 Å². The lowest BCUT2D eigenvalue weighted by Crippen LogP contribution is -2.39. The molecule has 0 unspecified atom stereocenters. The van der Waals surface area contributed by atoms with Crippen LogP contribution in [0.15, 0.2) is 24.3 Å². The van der Waals surface area contributed by atoms with Crippen LogP contribution in [0, 0.1) is 0 Å². The Bertz CT molecular complexity index is 530. The lowest BCUT2D eigenvalue weighted by molar-refractivity contribution is -0.145. The van der Waals surface area contributed by atoms with Crippen molar-refractivity contribution >= 4 is 16.4 Å². The number of phenols is 1. The summed E-state index contributed by atoms with van der Waals surface area (Å²) in [6.45, 7) is 0. The molecule has 1 rings (SSSR count). The summed E-state index contributed by atoms with van der Waals surface area (Å²) in [5.74, 6) is -1.92. The highest BCUT2D eigenvalue weighted by molar-refractivity contribution is 7.83. The van der Waals surface area contributed by atoms with Crippen molar-refractivity contribution in [3.63, 3.8) is 0 Å². The Morgan fingerprint density at radius 1 is 1.33 bits per heavy atom. The maximum atomic E-state index is 13.0. The Kier molecular flexibility index (Phi) is 4.19. The molecule has 0 radical (unpaired) electrons. The van der Waals surface area contributed by atoms with Gasteiger partial charge in [-0.05, 0) is 17.7 Å². The van der Waals surface area contributed by atoms with E-state index in [1.807, 2.05) is 0 Å². The summed E-state index contributed by atoms with van der Waals surface area (Å²) < 4.78 is 44.7. The van der Waals surface area contributed by atoms with E-state index in [4.69, 9.17) is 10.2 Å². The van der Waals surface area contributed by atoms with E-state index < -0.39 is 33.4 Å². The molecule has 1 atom stereocenters. The summed E-state index contributed by atoms with van der Waals surface area (Å²) in [5.41, 5.74) is 0.228. The SMILES string of the molecule is O=C(O)[C@H](Cc1ccc(O)cc1)N(F)S(=O)(=O)F. The molecule has 0 aliphatic carbocycles. The average molecular weight is 281 g/mol. The van der Waals surface area contributed by atoms with Gasteiger partial charge in [0.05, 0.1) is 0 Å². The Balaban J connectivity index is 2.95. The van der Waals surface area contributed by atoms with E-state index in [1.54, 1.807) is 0 Å². The quantitative estimate of drug-likeness (QED) is 0.614. The molecule has 1 aromatic rings. The summed E-state index contributed by atoms with van der Waals surface area (Å²) in [7, 11) is -5.74. The molecule has 0 aliphatic heterocycles. The number of aliphatic carboxylic acids is 1. The van der Waals surface area contributed by atoms with Crippen molar-refractivity contribution in [1.29, 1.82) is 0 Å². The summed E-state index contributed by atoms with van der Waals surface area (Å²) in [6.07, 6.45) is -0.574. The van der Waals surface area contributed by atoms with Gasteiger partial charge in [0.2, 0.25) is 0 Å². The molecule has 0 spiro atoms. The first kappa shape index (κ1) is 14.3. The number of halogens is 2. The normalized spacial score (nSPS) is 13.5. The van der Waals surface area contributed by atoms with Crippen LogP contribution < -0.4 is 0 Å². The fraction of sp³-hybridized carbons (Fsp3) is 0.222. The third-order valence-corrected chi connectivity index (χ3v) is 2.77. The van der Waals surface area contributed by atoms with E-state index in [2.05, 4.69) is 0 Å². The predicted octanol–water partition coefficient (Wildman–Crippen LogP) is 0.789. The number of phenolic OH excluding ortho intramolecular Hbond substituents is 1. The number of aromatic hydroxyl groups is 1. The third-order valence-electron chi connectivity index (χ3n) is 2.10. The topological polar surface area (TPSA) is 94.9 Å². The molecule has 18 heavy (non-hydrogen) atoms. The van der Waals surface area contributed by atoms with Crippen molar-refractivity contribution in [2.24, 2.45) is 0 Å². The van der Waals surface area contributed by atoms with Gasteiger partial charge in [-0.3, -0.25) is 4.79 Å². The Morgan fingerprint density at radius 2 is 1.83 bits per heavy atom. The fourth-order valence-electron chi connectivity index (χ4n) is 1.25. The number of benzene rings is 1. The minimum Gasteiger partial charge on any atom is -0.508 e. The number of carboxylic acid groups (broad SMARTS) is 1. The van der Waals surface area contributed by atoms with Gasteiger partial charge in [-0.15, -0.1) is 4.48 Å². The second-order valence-corrected chi connectivity index (χ2v) is 4.58. The van der Waals surface area contributed by atoms with Crippen LogP contribution in [0.25, 0.3) is 0 Å². The van der Waals surface area contributed by atoms with Crippen LogP contribution in [-0.2, 0) is 21.6 Å². The lowest BCUT2D eigenvalue weighted by Gasteiger charge is -2.15. The molecular formula is C9H9F2NO5S. The highest BCUT2D eigenvalue weighted by atomic mass is 32.3. The van der Waals surface area contributed by atoms with Gasteiger partial charge in [-0.25, -0.2) is 0 Å². The molecule has 0 bridgehead atoms. The zero-order chi connectivity index (χ0) is 13.9. The molecule has 0 saturated heterocycles. The molecule has 0 heterocycles. The highest BCUT2D eigenvalue weighted by Crippen LogP contribution is 2.17. The van der Waals surface area contributed by atoms with Crippen LogP contribution in [0.1, 0.15) is 5.56 Å². The van der Waals surface area contributed by atoms with Gasteiger partial charge in [0.25, 0.3) is 0 Å². The summed E-state index contributed by atoms with van der Waals surface area (Å²) >= 11 is 0. The first-order valence-corrected chi connectivity index (χ1v) is 5.96. The molecule has 1 aromatic carbocycles. The first-order valence-electron chi connectivity index (χ1n) is 4.62. The summed E-state index contributed by atoms with van der Waals surface area (Å²) in [5, 5.41) is 17.6. The zero-order valence-electron chi connectivity index (χ0n) is 8.82. The van der Waals surface area contributed by atoms with Gasteiger partial charge in [-0.2, -0.15) is 8.42 Å². The average Bonchev–Trinajstić information content (AvgIpc) is 2.25. The van der Waals surface area contributed by atoms with E-state index in [1.165, 1.54) is 24.3 Å². The first-order chi connectivity index (χ1) is 8.21. The minimum absolute atomic E-state index is 0.0964. The van der Waals surface area contributed by atoms with E-state index in [0.29, 0.717) is 0 Å². The van der Waals surface area contributed by atoms with Gasteiger partial charge in [-0.1, -0.05) is 16.0 Å². The van der Waals surface area contributed by atoms with Crippen molar-refractivity contribution in [2.75, 3.05) is 0 Å². The molecule has 6 nitrogen and oxygen atoms in total. The number of hydrogen-bond acceptors (Lipinski definition) is 4. The van der Waals surface area contributed by atoms with Crippen LogP contribution in [0.5, 0.6) is 5.75 Å². The van der Waals surface area contributed by atoms with Crippen molar-refractivity contribution < 1.29 is 31.8 Å². The molecular weight excluding hydrogens is 272 g/mol. The van der Waals surface area contributed by atoms with Gasteiger partial charge >= 0.3 is 16.4 Å². The van der Waals surface area contributed by atoms with Crippen molar-refractivity contribution in [3.05, 3.63) is 29.8 Å². The van der Waals surface area contributed by atoms with E-state index in [-0.39, 0.29) is 11.3 Å². The lowest BCUT2D eigenvalue weighted by atomic mass is 10.1. The second-order valence-electron chi connectivity index (χ2n) is 3.41. The van der Waals surface area contributed by atoms with Crippen molar-refractivity contribution in [2.45, 2.75) is 12.5 Å². The molecule has 0 aliphatic rings. The van der Waals surface area contributed by atoms with Gasteiger partial charge in [0.1, 0.15) is 5.75 Å². The molecule has 0 fully saturated rings. The summed E-state index contributed by atoms with van der Waals surface area (Å²) in [6, 6.07) is 2.75. The van der Waals surface area contributed by atoms with E-state index in [0.717, 1.165) is 0 Å². The molecule has 0 amide bonds. The zero-order valence-corrected chi connectivity index (χ0v) is 9.64. The molecule has 2 N–H and O–H groups in total. The van der Waals surface area contributed by atoms with Crippen molar-refractivity contribution in [3.8, 4) is 5.75 Å². The predicted molar refractivity (Wildman–Crippen MR) is 56.2 cm³/mol. The van der Waals surface area contributed by atoms with Crippen LogP contribution in [0.4, 0.5) is 8.37 Å². The standard InChI is InChI=1S/C9H9F2NO5S/c10-12(18(11,16)17)8(9(14)15)5-6-1-3-7(13)4-2-6/h1-4,8,13H,5H2,(H,14,15)/t8-/m0/s1. The van der Waals surface area contributed by atoms with Crippen LogP contribution in [0.3, 0.4) is 0 Å². The Morgan fingerprint density at radius 3 is 2.22 bits per heavy atom. The van der Waals surface area contributed by atoms with Gasteiger partial charge in [0.15, 0.2) is 6.04 Å². The minimum atomic E-state index is -5.74. The second kappa shape index (κ2) is 5.27. The molecule has 9 heteroatoms. The number of hydrogen-bond donors (Lipinski definition) is 2. The largest absolute Gasteiger partial charge is 0.508 e. The fourth-order valence-corrected chi connectivity index (χ4v) is 1.72. The van der Waals surface area contributed by atoms with Crippen LogP contribution in [-0.4, -0.2) is 35.2 Å². The van der Waals surface area contributed by atoms with E-state index >= 15 is 0 Å². The van der Waals surface area contributed by atoms with Crippen molar-refractivity contribution in [1.82, 2.24) is 4.53 Å². The van der Waals surface area contributed by atoms with Gasteiger partial charge in [0, 0.05) is 10.9 Å². The Hall–Kier alpha value is -1.74. The number of carboxylic acids is 1. The smallest absolute Gasteiger partial charge is 0.402 e. The number of nitrogens with zero attached hydrogens (tertiary/aromatic N) is 1. The molecule has 0 aromatic heterocycles. The molecule has 0 saturated carbocycles. The van der Waals surface area contributed by atoms with E-state index in [9.17, 15) is 21.6 Å². The Labute approximate surface area is 101 Å². The highest BCUT2D eigenvalue weighted by Gasteiger charge is 2.35. The number of carbonyl (C=O) groups is 1. The van der Waals surface area contributed by atoms with Crippen LogP contribution in [0.2, 0.25) is 0 Å². The number of rotatable bonds is 5. The third kappa shape index (κ3) is 3.64. The maximum Gasteiger partial charge on any atom is 0.402 e. The van der Waals surface area contributed by atoms with Gasteiger partial charge < -0.3 is 10.2 Å².